The van der Waals surface area contributed by atoms with Crippen LogP contribution in [-0.4, -0.2) is 55.0 Å². The van der Waals surface area contributed by atoms with E-state index in [-0.39, 0.29) is 18.7 Å². The van der Waals surface area contributed by atoms with E-state index in [2.05, 4.69) is 5.32 Å². The Hall–Kier alpha value is -0.810. The highest BCUT2D eigenvalue weighted by Gasteiger charge is 2.20. The van der Waals surface area contributed by atoms with Gasteiger partial charge in [-0.15, -0.1) is 0 Å². The SMILES string of the molecule is CCN(CCO)C(=O)NC1CCOC1. The number of hydrogen-bond acceptors (Lipinski definition) is 3. The van der Waals surface area contributed by atoms with Gasteiger partial charge < -0.3 is 20.1 Å². The molecule has 0 aromatic rings. The Kier molecular flexibility index (Phi) is 4.69. The van der Waals surface area contributed by atoms with E-state index in [0.717, 1.165) is 13.0 Å². The van der Waals surface area contributed by atoms with Crippen molar-refractivity contribution in [1.82, 2.24) is 10.2 Å². The average molecular weight is 202 g/mol. The summed E-state index contributed by atoms with van der Waals surface area (Å²) in [6, 6.07) is 0.0206. The molecule has 0 aromatic carbocycles. The maximum absolute atomic E-state index is 11.6. The third kappa shape index (κ3) is 3.16. The van der Waals surface area contributed by atoms with E-state index in [1.165, 1.54) is 0 Å². The molecular weight excluding hydrogens is 184 g/mol. The van der Waals surface area contributed by atoms with Crippen LogP contribution >= 0.6 is 0 Å². The minimum absolute atomic E-state index is 0.00241. The number of hydrogen-bond donors (Lipinski definition) is 2. The summed E-state index contributed by atoms with van der Waals surface area (Å²) in [4.78, 5) is 13.2. The summed E-state index contributed by atoms with van der Waals surface area (Å²) in [5.74, 6) is 0. The number of aliphatic hydroxyl groups excluding tert-OH is 1. The topological polar surface area (TPSA) is 61.8 Å². The molecule has 1 fully saturated rings. The molecular formula is C9H18N2O3. The molecule has 14 heavy (non-hydrogen) atoms. The molecule has 0 radical (unpaired) electrons. The smallest absolute Gasteiger partial charge is 0.317 e. The number of carbonyl (C=O) groups excluding carboxylic acids is 1. The standard InChI is InChI=1S/C9H18N2O3/c1-2-11(4-5-12)9(13)10-8-3-6-14-7-8/h8,12H,2-7H2,1H3,(H,10,13). The first-order valence-electron chi connectivity index (χ1n) is 5.02. The molecule has 5 heteroatoms. The normalized spacial score (nSPS) is 20.9. The molecule has 1 aliphatic rings. The van der Waals surface area contributed by atoms with Crippen molar-refractivity contribution in [2.45, 2.75) is 19.4 Å². The van der Waals surface area contributed by atoms with Gasteiger partial charge in [0.2, 0.25) is 0 Å². The molecule has 0 aliphatic carbocycles. The lowest BCUT2D eigenvalue weighted by atomic mass is 10.3. The predicted molar refractivity (Wildman–Crippen MR) is 52.1 cm³/mol. The largest absolute Gasteiger partial charge is 0.395 e. The van der Waals surface area contributed by atoms with Gasteiger partial charge in [0.15, 0.2) is 0 Å². The molecule has 0 bridgehead atoms. The molecule has 5 nitrogen and oxygen atoms in total. The number of carbonyl (C=O) groups is 1. The van der Waals surface area contributed by atoms with E-state index in [4.69, 9.17) is 9.84 Å². The lowest BCUT2D eigenvalue weighted by molar-refractivity contribution is 0.169. The van der Waals surface area contributed by atoms with Crippen LogP contribution in [0.4, 0.5) is 4.79 Å². The Morgan fingerprint density at radius 3 is 3.00 bits per heavy atom. The summed E-state index contributed by atoms with van der Waals surface area (Å²) in [5, 5.41) is 11.6. The highest BCUT2D eigenvalue weighted by molar-refractivity contribution is 5.74. The lowest BCUT2D eigenvalue weighted by Crippen LogP contribution is -2.46. The number of nitrogens with zero attached hydrogens (tertiary/aromatic N) is 1. The third-order valence-corrected chi connectivity index (χ3v) is 2.30. The van der Waals surface area contributed by atoms with Crippen LogP contribution in [0.1, 0.15) is 13.3 Å². The summed E-state index contributed by atoms with van der Waals surface area (Å²) in [6.07, 6.45) is 0.877. The highest BCUT2D eigenvalue weighted by atomic mass is 16.5. The van der Waals surface area contributed by atoms with E-state index in [1.807, 2.05) is 6.92 Å². The number of nitrogens with one attached hydrogen (secondary N) is 1. The Labute approximate surface area is 84.0 Å². The van der Waals surface area contributed by atoms with Gasteiger partial charge in [-0.3, -0.25) is 0 Å². The summed E-state index contributed by atoms with van der Waals surface area (Å²) in [6.45, 7) is 4.21. The predicted octanol–water partition coefficient (Wildman–Crippen LogP) is -0.201. The van der Waals surface area contributed by atoms with Crippen molar-refractivity contribution in [3.05, 3.63) is 0 Å². The van der Waals surface area contributed by atoms with Crippen LogP contribution in [-0.2, 0) is 4.74 Å². The van der Waals surface area contributed by atoms with Crippen molar-refractivity contribution in [3.8, 4) is 0 Å². The van der Waals surface area contributed by atoms with Gasteiger partial charge in [-0.1, -0.05) is 0 Å². The summed E-state index contributed by atoms with van der Waals surface area (Å²) in [7, 11) is 0. The molecule has 0 spiro atoms. The molecule has 1 atom stereocenters. The Bertz CT molecular complexity index is 181. The number of ether oxygens (including phenoxy) is 1. The van der Waals surface area contributed by atoms with Gasteiger partial charge in [0.1, 0.15) is 0 Å². The van der Waals surface area contributed by atoms with Gasteiger partial charge in [-0.2, -0.15) is 0 Å². The van der Waals surface area contributed by atoms with Crippen LogP contribution in [0.3, 0.4) is 0 Å². The van der Waals surface area contributed by atoms with Crippen molar-refractivity contribution >= 4 is 6.03 Å². The molecule has 1 heterocycles. The fourth-order valence-corrected chi connectivity index (χ4v) is 1.44. The van der Waals surface area contributed by atoms with Crippen LogP contribution in [0.5, 0.6) is 0 Å². The minimum Gasteiger partial charge on any atom is -0.395 e. The number of aliphatic hydroxyl groups is 1. The second-order valence-corrected chi connectivity index (χ2v) is 3.31. The van der Waals surface area contributed by atoms with E-state index < -0.39 is 0 Å². The summed E-state index contributed by atoms with van der Waals surface area (Å²) < 4.78 is 5.15. The van der Waals surface area contributed by atoms with Crippen molar-refractivity contribution in [3.63, 3.8) is 0 Å². The van der Waals surface area contributed by atoms with Crippen LogP contribution in [0.25, 0.3) is 0 Å². The summed E-state index contributed by atoms with van der Waals surface area (Å²) >= 11 is 0. The second-order valence-electron chi connectivity index (χ2n) is 3.31. The number of rotatable bonds is 4. The van der Waals surface area contributed by atoms with Crippen LogP contribution < -0.4 is 5.32 Å². The van der Waals surface area contributed by atoms with Crippen LogP contribution in [0.2, 0.25) is 0 Å². The zero-order chi connectivity index (χ0) is 10.4. The van der Waals surface area contributed by atoms with Gasteiger partial charge in [0.05, 0.1) is 19.3 Å². The molecule has 0 aromatic heterocycles. The molecule has 1 saturated heterocycles. The first-order chi connectivity index (χ1) is 6.77. The van der Waals surface area contributed by atoms with Crippen LogP contribution in [0, 0.1) is 0 Å². The average Bonchev–Trinajstić information content (AvgIpc) is 2.66. The molecule has 1 aliphatic heterocycles. The Morgan fingerprint density at radius 2 is 2.50 bits per heavy atom. The molecule has 2 N–H and O–H groups in total. The maximum atomic E-state index is 11.6. The van der Waals surface area contributed by atoms with Crippen LogP contribution in [0.15, 0.2) is 0 Å². The minimum atomic E-state index is -0.114. The highest BCUT2D eigenvalue weighted by Crippen LogP contribution is 2.03. The fraction of sp³-hybridized carbons (Fsp3) is 0.889. The fourth-order valence-electron chi connectivity index (χ4n) is 1.44. The lowest BCUT2D eigenvalue weighted by Gasteiger charge is -2.22. The summed E-state index contributed by atoms with van der Waals surface area (Å²) in [5.41, 5.74) is 0. The van der Waals surface area contributed by atoms with Gasteiger partial charge in [0.25, 0.3) is 0 Å². The van der Waals surface area contributed by atoms with E-state index in [0.29, 0.717) is 19.7 Å². The molecule has 0 saturated carbocycles. The maximum Gasteiger partial charge on any atom is 0.317 e. The third-order valence-electron chi connectivity index (χ3n) is 2.30. The number of amides is 2. The zero-order valence-electron chi connectivity index (χ0n) is 8.53. The van der Waals surface area contributed by atoms with Crippen molar-refractivity contribution in [2.24, 2.45) is 0 Å². The van der Waals surface area contributed by atoms with Gasteiger partial charge >= 0.3 is 6.03 Å². The Balaban J connectivity index is 2.30. The molecule has 1 unspecified atom stereocenters. The number of likely N-dealkylation sites (N-methyl/N-ethyl adjacent to an activating group) is 1. The quantitative estimate of drug-likeness (QED) is 0.663. The monoisotopic (exact) mass is 202 g/mol. The Morgan fingerprint density at radius 1 is 1.71 bits per heavy atom. The van der Waals surface area contributed by atoms with Gasteiger partial charge in [0, 0.05) is 19.7 Å². The van der Waals surface area contributed by atoms with Gasteiger partial charge in [-0.25, -0.2) is 4.79 Å². The van der Waals surface area contributed by atoms with E-state index >= 15 is 0 Å². The van der Waals surface area contributed by atoms with Gasteiger partial charge in [-0.05, 0) is 13.3 Å². The first kappa shape index (κ1) is 11.3. The van der Waals surface area contributed by atoms with Crippen molar-refractivity contribution in [1.29, 1.82) is 0 Å². The van der Waals surface area contributed by atoms with Crippen molar-refractivity contribution < 1.29 is 14.6 Å². The number of urea groups is 1. The first-order valence-corrected chi connectivity index (χ1v) is 5.02. The molecule has 1 rings (SSSR count). The zero-order valence-corrected chi connectivity index (χ0v) is 8.53. The van der Waals surface area contributed by atoms with E-state index in [1.54, 1.807) is 4.90 Å². The molecule has 82 valence electrons. The molecule has 2 amide bonds. The van der Waals surface area contributed by atoms with Crippen molar-refractivity contribution in [2.75, 3.05) is 32.9 Å². The second kappa shape index (κ2) is 5.82. The van der Waals surface area contributed by atoms with E-state index in [9.17, 15) is 4.79 Å².